The maximum Gasteiger partial charge on any atom is 0.146 e. The predicted octanol–water partition coefficient (Wildman–Crippen LogP) is 1.80. The second-order valence-corrected chi connectivity index (χ2v) is 6.62. The summed E-state index contributed by atoms with van der Waals surface area (Å²) in [5.74, 6) is 1.43. The third-order valence-corrected chi connectivity index (χ3v) is 5.01. The topological polar surface area (TPSA) is 58.3 Å². The van der Waals surface area contributed by atoms with Gasteiger partial charge in [0.05, 0.1) is 11.9 Å². The summed E-state index contributed by atoms with van der Waals surface area (Å²) in [4.78, 5) is 14.9. The molecule has 2 aromatic rings. The quantitative estimate of drug-likeness (QED) is 0.914. The predicted molar refractivity (Wildman–Crippen MR) is 83.8 cm³/mol. The number of nitrogen functional groups attached to an aromatic ring is 1. The van der Waals surface area contributed by atoms with Crippen LogP contribution >= 0.6 is 11.3 Å². The summed E-state index contributed by atoms with van der Waals surface area (Å²) in [6.07, 6.45) is 0. The van der Waals surface area contributed by atoms with Gasteiger partial charge in [0.25, 0.3) is 0 Å². The van der Waals surface area contributed by atoms with Crippen molar-refractivity contribution in [2.24, 2.45) is 0 Å². The Morgan fingerprint density at radius 2 is 2.00 bits per heavy atom. The second kappa shape index (κ2) is 5.27. The van der Waals surface area contributed by atoms with Gasteiger partial charge in [0, 0.05) is 25.2 Å². The Morgan fingerprint density at radius 3 is 2.70 bits per heavy atom. The van der Waals surface area contributed by atoms with Gasteiger partial charge in [0.2, 0.25) is 0 Å². The van der Waals surface area contributed by atoms with E-state index in [2.05, 4.69) is 40.7 Å². The standard InChI is InChI=1S/C14H21N5S/c1-9-6-19(7-10(2)18(9)3)8-12-16-13(15)11-4-5-20-14(11)17-12/h4-5,9-10H,6-8H2,1-3H3,(H2,15,16,17). The molecule has 6 heteroatoms. The maximum atomic E-state index is 6.01. The number of aromatic nitrogens is 2. The first kappa shape index (κ1) is 13.7. The summed E-state index contributed by atoms with van der Waals surface area (Å²) in [5.41, 5.74) is 6.01. The zero-order chi connectivity index (χ0) is 14.3. The van der Waals surface area contributed by atoms with Crippen LogP contribution in [0.3, 0.4) is 0 Å². The van der Waals surface area contributed by atoms with Crippen LogP contribution in [0.25, 0.3) is 10.2 Å². The molecule has 2 atom stereocenters. The van der Waals surface area contributed by atoms with Gasteiger partial charge in [0.1, 0.15) is 16.5 Å². The molecule has 0 bridgehead atoms. The molecule has 20 heavy (non-hydrogen) atoms. The minimum Gasteiger partial charge on any atom is -0.383 e. The first-order chi connectivity index (χ1) is 9.54. The van der Waals surface area contributed by atoms with Gasteiger partial charge in [0.15, 0.2) is 0 Å². The SMILES string of the molecule is CC1CN(Cc2nc(N)c3ccsc3n2)CC(C)N1C. The van der Waals surface area contributed by atoms with E-state index in [4.69, 9.17) is 5.73 Å². The summed E-state index contributed by atoms with van der Waals surface area (Å²) in [5, 5.41) is 2.98. The number of hydrogen-bond acceptors (Lipinski definition) is 6. The van der Waals surface area contributed by atoms with Gasteiger partial charge in [-0.3, -0.25) is 9.80 Å². The molecule has 0 saturated carbocycles. The van der Waals surface area contributed by atoms with E-state index in [1.54, 1.807) is 11.3 Å². The maximum absolute atomic E-state index is 6.01. The van der Waals surface area contributed by atoms with Crippen molar-refractivity contribution in [3.63, 3.8) is 0 Å². The minimum absolute atomic E-state index is 0.557. The number of nitrogens with zero attached hydrogens (tertiary/aromatic N) is 4. The number of piperazine rings is 1. The Hall–Kier alpha value is -1.24. The number of hydrogen-bond donors (Lipinski definition) is 1. The largest absolute Gasteiger partial charge is 0.383 e. The molecular formula is C14H21N5S. The molecule has 2 N–H and O–H groups in total. The number of nitrogens with two attached hydrogens (primary N) is 1. The molecule has 1 saturated heterocycles. The molecule has 2 aromatic heterocycles. The van der Waals surface area contributed by atoms with Gasteiger partial charge < -0.3 is 5.73 Å². The zero-order valence-electron chi connectivity index (χ0n) is 12.2. The molecule has 1 fully saturated rings. The number of fused-ring (bicyclic) bond motifs is 1. The molecule has 5 nitrogen and oxygen atoms in total. The van der Waals surface area contributed by atoms with E-state index in [1.807, 2.05) is 11.4 Å². The van der Waals surface area contributed by atoms with Gasteiger partial charge in [-0.15, -0.1) is 11.3 Å². The van der Waals surface area contributed by atoms with Crippen LogP contribution in [0.5, 0.6) is 0 Å². The van der Waals surface area contributed by atoms with Crippen LogP contribution in [0.1, 0.15) is 19.7 Å². The fraction of sp³-hybridized carbons (Fsp3) is 0.571. The molecule has 0 aromatic carbocycles. The molecule has 1 aliphatic heterocycles. The first-order valence-electron chi connectivity index (χ1n) is 6.98. The van der Waals surface area contributed by atoms with E-state index in [9.17, 15) is 0 Å². The molecule has 108 valence electrons. The summed E-state index contributed by atoms with van der Waals surface area (Å²) < 4.78 is 0. The summed E-state index contributed by atoms with van der Waals surface area (Å²) in [6, 6.07) is 3.10. The number of anilines is 1. The smallest absolute Gasteiger partial charge is 0.146 e. The fourth-order valence-electron chi connectivity index (χ4n) is 2.84. The highest BCUT2D eigenvalue weighted by Gasteiger charge is 2.26. The van der Waals surface area contributed by atoms with Crippen molar-refractivity contribution in [3.05, 3.63) is 17.3 Å². The van der Waals surface area contributed by atoms with Crippen LogP contribution < -0.4 is 5.73 Å². The van der Waals surface area contributed by atoms with E-state index in [1.165, 1.54) is 0 Å². The second-order valence-electron chi connectivity index (χ2n) is 5.72. The van der Waals surface area contributed by atoms with Crippen molar-refractivity contribution in [2.45, 2.75) is 32.5 Å². The van der Waals surface area contributed by atoms with Crippen molar-refractivity contribution in [1.82, 2.24) is 19.8 Å². The van der Waals surface area contributed by atoms with Crippen molar-refractivity contribution in [3.8, 4) is 0 Å². The summed E-state index contributed by atoms with van der Waals surface area (Å²) in [6.45, 7) is 7.40. The van der Waals surface area contributed by atoms with E-state index in [0.29, 0.717) is 17.9 Å². The van der Waals surface area contributed by atoms with Gasteiger partial charge >= 0.3 is 0 Å². The van der Waals surface area contributed by atoms with Gasteiger partial charge in [-0.05, 0) is 32.3 Å². The monoisotopic (exact) mass is 291 g/mol. The van der Waals surface area contributed by atoms with Gasteiger partial charge in [-0.1, -0.05) is 0 Å². The highest BCUT2D eigenvalue weighted by molar-refractivity contribution is 7.16. The van der Waals surface area contributed by atoms with Gasteiger partial charge in [-0.2, -0.15) is 0 Å². The van der Waals surface area contributed by atoms with E-state index >= 15 is 0 Å². The average Bonchev–Trinajstić information content (AvgIpc) is 2.84. The first-order valence-corrected chi connectivity index (χ1v) is 7.86. The fourth-order valence-corrected chi connectivity index (χ4v) is 3.63. The lowest BCUT2D eigenvalue weighted by Gasteiger charge is -2.42. The van der Waals surface area contributed by atoms with Crippen molar-refractivity contribution < 1.29 is 0 Å². The number of likely N-dealkylation sites (N-methyl/N-ethyl adjacent to an activating group) is 1. The molecule has 0 amide bonds. The molecule has 0 spiro atoms. The number of thiophene rings is 1. The zero-order valence-corrected chi connectivity index (χ0v) is 13.0. The Balaban J connectivity index is 1.79. The van der Waals surface area contributed by atoms with E-state index in [-0.39, 0.29) is 0 Å². The van der Waals surface area contributed by atoms with E-state index < -0.39 is 0 Å². The average molecular weight is 291 g/mol. The molecule has 0 aliphatic carbocycles. The van der Waals surface area contributed by atoms with Crippen LogP contribution in [0.2, 0.25) is 0 Å². The lowest BCUT2D eigenvalue weighted by Crippen LogP contribution is -2.54. The molecular weight excluding hydrogens is 270 g/mol. The Bertz CT molecular complexity index is 599. The lowest BCUT2D eigenvalue weighted by atomic mass is 10.1. The normalized spacial score (nSPS) is 25.4. The van der Waals surface area contributed by atoms with Crippen molar-refractivity contribution in [1.29, 1.82) is 0 Å². The van der Waals surface area contributed by atoms with Crippen LogP contribution in [-0.2, 0) is 6.54 Å². The number of rotatable bonds is 2. The molecule has 3 rings (SSSR count). The van der Waals surface area contributed by atoms with Crippen molar-refractivity contribution >= 4 is 27.4 Å². The van der Waals surface area contributed by atoms with Crippen LogP contribution in [0, 0.1) is 0 Å². The minimum atomic E-state index is 0.557. The Kier molecular flexibility index (Phi) is 3.62. The van der Waals surface area contributed by atoms with E-state index in [0.717, 1.165) is 35.7 Å². The Labute approximate surface area is 123 Å². The van der Waals surface area contributed by atoms with Crippen molar-refractivity contribution in [2.75, 3.05) is 25.9 Å². The van der Waals surface area contributed by atoms with Crippen LogP contribution in [-0.4, -0.2) is 52.0 Å². The van der Waals surface area contributed by atoms with Crippen LogP contribution in [0.4, 0.5) is 5.82 Å². The van der Waals surface area contributed by atoms with Crippen LogP contribution in [0.15, 0.2) is 11.4 Å². The van der Waals surface area contributed by atoms with Gasteiger partial charge in [-0.25, -0.2) is 9.97 Å². The molecule has 1 aliphatic rings. The summed E-state index contributed by atoms with van der Waals surface area (Å²) in [7, 11) is 2.19. The molecule has 2 unspecified atom stereocenters. The molecule has 3 heterocycles. The third-order valence-electron chi connectivity index (χ3n) is 4.20. The lowest BCUT2D eigenvalue weighted by molar-refractivity contribution is 0.0542. The third kappa shape index (κ3) is 2.51. The highest BCUT2D eigenvalue weighted by atomic mass is 32.1. The summed E-state index contributed by atoms with van der Waals surface area (Å²) >= 11 is 1.62. The molecule has 0 radical (unpaired) electrons. The highest BCUT2D eigenvalue weighted by Crippen LogP contribution is 2.23. The Morgan fingerprint density at radius 1 is 1.30 bits per heavy atom.